The smallest absolute Gasteiger partial charge is 0.146 e. The van der Waals surface area contributed by atoms with Crippen LogP contribution in [0.4, 0.5) is 5.82 Å². The van der Waals surface area contributed by atoms with Crippen LogP contribution in [0, 0.1) is 23.7 Å². The van der Waals surface area contributed by atoms with Gasteiger partial charge in [0, 0.05) is 11.9 Å². The third kappa shape index (κ3) is 1.73. The zero-order chi connectivity index (χ0) is 11.9. The van der Waals surface area contributed by atoms with Gasteiger partial charge in [0.05, 0.1) is 0 Å². The molecule has 1 aromatic heterocycles. The second-order valence-corrected chi connectivity index (χ2v) is 6.17. The highest BCUT2D eigenvalue weighted by molar-refractivity contribution is 5.91. The summed E-state index contributed by atoms with van der Waals surface area (Å²) in [6, 6.07) is 5.90. The van der Waals surface area contributed by atoms with E-state index in [9.17, 15) is 0 Å². The SMILES string of the molecule is c1ccc(NN=C2C3CC4CC(C3)CC2C4)nc1. The molecule has 0 aliphatic heterocycles. The molecule has 4 bridgehead atoms. The molecule has 0 saturated heterocycles. The zero-order valence-electron chi connectivity index (χ0n) is 10.5. The minimum absolute atomic E-state index is 0.762. The highest BCUT2D eigenvalue weighted by Gasteiger charge is 2.46. The number of aromatic nitrogens is 1. The molecular weight excluding hydrogens is 222 g/mol. The van der Waals surface area contributed by atoms with Gasteiger partial charge >= 0.3 is 0 Å². The van der Waals surface area contributed by atoms with Gasteiger partial charge in [-0.2, -0.15) is 5.10 Å². The largest absolute Gasteiger partial charge is 0.261 e. The molecule has 3 nitrogen and oxygen atoms in total. The van der Waals surface area contributed by atoms with Crippen molar-refractivity contribution < 1.29 is 0 Å². The Balaban J connectivity index is 1.54. The van der Waals surface area contributed by atoms with Crippen LogP contribution in [0.15, 0.2) is 29.5 Å². The average molecular weight is 241 g/mol. The molecule has 1 N–H and O–H groups in total. The van der Waals surface area contributed by atoms with Crippen molar-refractivity contribution >= 4 is 11.5 Å². The number of rotatable bonds is 2. The van der Waals surface area contributed by atoms with E-state index < -0.39 is 0 Å². The Labute approximate surface area is 108 Å². The Bertz CT molecular complexity index is 436. The van der Waals surface area contributed by atoms with Gasteiger partial charge in [0.15, 0.2) is 0 Å². The number of anilines is 1. The van der Waals surface area contributed by atoms with Crippen LogP contribution in [0.5, 0.6) is 0 Å². The van der Waals surface area contributed by atoms with Gasteiger partial charge < -0.3 is 0 Å². The summed E-state index contributed by atoms with van der Waals surface area (Å²) in [4.78, 5) is 4.26. The summed E-state index contributed by atoms with van der Waals surface area (Å²) in [6.07, 6.45) is 8.84. The van der Waals surface area contributed by atoms with Gasteiger partial charge in [0.1, 0.15) is 5.82 Å². The van der Waals surface area contributed by atoms with E-state index in [1.165, 1.54) is 37.8 Å². The molecule has 0 radical (unpaired) electrons. The van der Waals surface area contributed by atoms with Crippen LogP contribution in [-0.2, 0) is 0 Å². The van der Waals surface area contributed by atoms with Crippen molar-refractivity contribution in [2.45, 2.75) is 32.1 Å². The van der Waals surface area contributed by atoms with E-state index >= 15 is 0 Å². The number of nitrogens with one attached hydrogen (secondary N) is 1. The van der Waals surface area contributed by atoms with Gasteiger partial charge in [-0.15, -0.1) is 0 Å². The van der Waals surface area contributed by atoms with Crippen molar-refractivity contribution in [1.82, 2.24) is 4.98 Å². The third-order valence-electron chi connectivity index (χ3n) is 4.94. The average Bonchev–Trinajstić information content (AvgIpc) is 2.38. The fourth-order valence-corrected chi connectivity index (χ4v) is 4.40. The summed E-state index contributed by atoms with van der Waals surface area (Å²) in [5, 5.41) is 4.70. The predicted molar refractivity (Wildman–Crippen MR) is 72.3 cm³/mol. The van der Waals surface area contributed by atoms with E-state index in [-0.39, 0.29) is 0 Å². The van der Waals surface area contributed by atoms with Crippen LogP contribution in [-0.4, -0.2) is 10.7 Å². The van der Waals surface area contributed by atoms with Crippen LogP contribution in [0.1, 0.15) is 32.1 Å². The summed E-state index contributed by atoms with van der Waals surface area (Å²) in [5.74, 6) is 4.39. The summed E-state index contributed by atoms with van der Waals surface area (Å²) >= 11 is 0. The van der Waals surface area contributed by atoms with Crippen molar-refractivity contribution in [2.75, 3.05) is 5.43 Å². The topological polar surface area (TPSA) is 37.3 Å². The lowest BCUT2D eigenvalue weighted by Crippen LogP contribution is -2.45. The molecule has 1 aromatic rings. The molecule has 94 valence electrons. The molecule has 4 fully saturated rings. The van der Waals surface area contributed by atoms with E-state index in [1.54, 1.807) is 6.20 Å². The fraction of sp³-hybridized carbons (Fsp3) is 0.600. The van der Waals surface area contributed by atoms with Crippen molar-refractivity contribution in [3.05, 3.63) is 24.4 Å². The molecule has 4 saturated carbocycles. The molecule has 18 heavy (non-hydrogen) atoms. The van der Waals surface area contributed by atoms with Crippen LogP contribution >= 0.6 is 0 Å². The molecular formula is C15H19N3. The van der Waals surface area contributed by atoms with Crippen molar-refractivity contribution in [2.24, 2.45) is 28.8 Å². The Morgan fingerprint density at radius 2 is 1.72 bits per heavy atom. The van der Waals surface area contributed by atoms with Gasteiger partial charge in [0.2, 0.25) is 0 Å². The first-order valence-electron chi connectivity index (χ1n) is 7.13. The summed E-state index contributed by atoms with van der Waals surface area (Å²) in [5.41, 5.74) is 4.59. The first kappa shape index (κ1) is 10.5. The standard InChI is InChI=1S/C15H19N3/c1-2-4-16-14(3-1)17-18-15-12-6-10-5-11(8-12)9-13(15)7-10/h1-4,10-13H,5-9H2,(H,16,17). The molecule has 3 heteroatoms. The third-order valence-corrected chi connectivity index (χ3v) is 4.94. The van der Waals surface area contributed by atoms with Crippen LogP contribution in [0.25, 0.3) is 0 Å². The Kier molecular flexibility index (Phi) is 2.39. The lowest BCUT2D eigenvalue weighted by atomic mass is 9.55. The Morgan fingerprint density at radius 3 is 2.33 bits per heavy atom. The number of hydrogen-bond acceptors (Lipinski definition) is 3. The number of hydrogen-bond donors (Lipinski definition) is 1. The molecule has 5 rings (SSSR count). The molecule has 0 amide bonds. The van der Waals surface area contributed by atoms with Crippen molar-refractivity contribution in [3.8, 4) is 0 Å². The fourth-order valence-electron chi connectivity index (χ4n) is 4.40. The van der Waals surface area contributed by atoms with Gasteiger partial charge in [0.25, 0.3) is 0 Å². The molecule has 0 atom stereocenters. The molecule has 0 spiro atoms. The lowest BCUT2D eigenvalue weighted by Gasteiger charge is -2.50. The molecule has 1 heterocycles. The Hall–Kier alpha value is -1.38. The second-order valence-electron chi connectivity index (χ2n) is 6.17. The van der Waals surface area contributed by atoms with E-state index in [1.807, 2.05) is 18.2 Å². The van der Waals surface area contributed by atoms with Gasteiger partial charge in [-0.1, -0.05) is 6.07 Å². The monoisotopic (exact) mass is 241 g/mol. The quantitative estimate of drug-likeness (QED) is 0.807. The van der Waals surface area contributed by atoms with E-state index in [0.717, 1.165) is 29.5 Å². The first-order valence-corrected chi connectivity index (χ1v) is 7.13. The van der Waals surface area contributed by atoms with Crippen LogP contribution < -0.4 is 5.43 Å². The predicted octanol–water partition coefficient (Wildman–Crippen LogP) is 3.31. The summed E-state index contributed by atoms with van der Waals surface area (Å²) in [6.45, 7) is 0. The minimum atomic E-state index is 0.762. The number of nitrogens with zero attached hydrogens (tertiary/aromatic N) is 2. The highest BCUT2D eigenvalue weighted by atomic mass is 15.3. The summed E-state index contributed by atoms with van der Waals surface area (Å²) < 4.78 is 0. The van der Waals surface area contributed by atoms with E-state index in [4.69, 9.17) is 5.10 Å². The maximum absolute atomic E-state index is 4.70. The first-order chi connectivity index (χ1) is 8.88. The number of pyridine rings is 1. The maximum Gasteiger partial charge on any atom is 0.146 e. The normalized spacial score (nSPS) is 36.8. The molecule has 4 aliphatic carbocycles. The molecule has 4 aliphatic rings. The van der Waals surface area contributed by atoms with Crippen LogP contribution in [0.2, 0.25) is 0 Å². The minimum Gasteiger partial charge on any atom is -0.261 e. The van der Waals surface area contributed by atoms with Gasteiger partial charge in [-0.3, -0.25) is 5.43 Å². The molecule has 0 unspecified atom stereocenters. The lowest BCUT2D eigenvalue weighted by molar-refractivity contribution is 0.108. The molecule has 0 aromatic carbocycles. The zero-order valence-corrected chi connectivity index (χ0v) is 10.5. The summed E-state index contributed by atoms with van der Waals surface area (Å²) in [7, 11) is 0. The van der Waals surface area contributed by atoms with Gasteiger partial charge in [-0.05, 0) is 67.9 Å². The van der Waals surface area contributed by atoms with Gasteiger partial charge in [-0.25, -0.2) is 4.98 Å². The van der Waals surface area contributed by atoms with Crippen molar-refractivity contribution in [1.29, 1.82) is 0 Å². The van der Waals surface area contributed by atoms with Crippen LogP contribution in [0.3, 0.4) is 0 Å². The number of hydrazone groups is 1. The highest BCUT2D eigenvalue weighted by Crippen LogP contribution is 2.52. The maximum atomic E-state index is 4.70. The second kappa shape index (κ2) is 4.08. The Morgan fingerprint density at radius 1 is 1.00 bits per heavy atom. The van der Waals surface area contributed by atoms with Crippen molar-refractivity contribution in [3.63, 3.8) is 0 Å². The van der Waals surface area contributed by atoms with E-state index in [0.29, 0.717) is 0 Å². The van der Waals surface area contributed by atoms with E-state index in [2.05, 4.69) is 10.4 Å².